The van der Waals surface area contributed by atoms with E-state index in [9.17, 15) is 8.78 Å². The van der Waals surface area contributed by atoms with Crippen molar-refractivity contribution in [2.24, 2.45) is 0 Å². The summed E-state index contributed by atoms with van der Waals surface area (Å²) in [5.74, 6) is -0.995. The van der Waals surface area contributed by atoms with Crippen molar-refractivity contribution in [1.82, 2.24) is 0 Å². The van der Waals surface area contributed by atoms with Crippen molar-refractivity contribution in [3.05, 3.63) is 59.2 Å². The first-order valence-electron chi connectivity index (χ1n) is 5.47. The lowest BCUT2D eigenvalue weighted by Gasteiger charge is -2.10. The van der Waals surface area contributed by atoms with Crippen LogP contribution in [0.5, 0.6) is 5.75 Å². The first-order chi connectivity index (χ1) is 9.11. The lowest BCUT2D eigenvalue weighted by molar-refractivity contribution is 0.303. The van der Waals surface area contributed by atoms with E-state index in [1.54, 1.807) is 6.07 Å². The zero-order valence-electron chi connectivity index (χ0n) is 9.86. The molecule has 0 aromatic heterocycles. The van der Waals surface area contributed by atoms with E-state index in [1.165, 1.54) is 36.4 Å². The van der Waals surface area contributed by atoms with Crippen molar-refractivity contribution in [2.45, 2.75) is 6.61 Å². The van der Waals surface area contributed by atoms with Crippen molar-refractivity contribution >= 4 is 5.69 Å². The minimum Gasteiger partial charge on any atom is -0.487 e. The lowest BCUT2D eigenvalue weighted by atomic mass is 10.2. The molecule has 96 valence electrons. The van der Waals surface area contributed by atoms with Crippen LogP contribution in [0.2, 0.25) is 0 Å². The number of rotatable bonds is 3. The number of anilines is 1. The zero-order valence-corrected chi connectivity index (χ0v) is 9.86. The molecule has 0 aliphatic rings. The SMILES string of the molecule is N#Cc1c(F)cccc1OCc1cc(F)ccc1N. The molecule has 2 rings (SSSR count). The highest BCUT2D eigenvalue weighted by molar-refractivity contribution is 5.47. The maximum atomic E-state index is 13.3. The third-order valence-corrected chi connectivity index (χ3v) is 2.58. The van der Waals surface area contributed by atoms with Crippen LogP contribution in [0.4, 0.5) is 14.5 Å². The molecule has 0 atom stereocenters. The number of nitriles is 1. The number of hydrogen-bond acceptors (Lipinski definition) is 3. The Labute approximate surface area is 108 Å². The maximum Gasteiger partial charge on any atom is 0.144 e. The fraction of sp³-hybridized carbons (Fsp3) is 0.0714. The Morgan fingerprint density at radius 1 is 1.21 bits per heavy atom. The Hall–Kier alpha value is -2.61. The Bertz CT molecular complexity index is 650. The summed E-state index contributed by atoms with van der Waals surface area (Å²) in [5, 5.41) is 8.84. The zero-order chi connectivity index (χ0) is 13.8. The van der Waals surface area contributed by atoms with Crippen LogP contribution in [0.15, 0.2) is 36.4 Å². The van der Waals surface area contributed by atoms with Crippen molar-refractivity contribution in [3.63, 3.8) is 0 Å². The molecule has 0 fully saturated rings. The summed E-state index contributed by atoms with van der Waals surface area (Å²) in [4.78, 5) is 0. The standard InChI is InChI=1S/C14H10F2N2O/c15-10-4-5-13(18)9(6-10)8-19-14-3-1-2-12(16)11(14)7-17/h1-6H,8,18H2. The van der Waals surface area contributed by atoms with Crippen LogP contribution >= 0.6 is 0 Å². The Kier molecular flexibility index (Phi) is 3.62. The van der Waals surface area contributed by atoms with Crippen molar-refractivity contribution in [2.75, 3.05) is 5.73 Å². The second kappa shape index (κ2) is 5.36. The summed E-state index contributed by atoms with van der Waals surface area (Å²) >= 11 is 0. The molecule has 0 aliphatic carbocycles. The van der Waals surface area contributed by atoms with Gasteiger partial charge >= 0.3 is 0 Å². The molecule has 0 bridgehead atoms. The monoisotopic (exact) mass is 260 g/mol. The number of nitrogen functional groups attached to an aromatic ring is 1. The highest BCUT2D eigenvalue weighted by atomic mass is 19.1. The molecule has 0 spiro atoms. The molecule has 0 radical (unpaired) electrons. The summed E-state index contributed by atoms with van der Waals surface area (Å²) in [6.07, 6.45) is 0. The molecular weight excluding hydrogens is 250 g/mol. The first-order valence-corrected chi connectivity index (χ1v) is 5.47. The van der Waals surface area contributed by atoms with E-state index >= 15 is 0 Å². The van der Waals surface area contributed by atoms with E-state index in [4.69, 9.17) is 15.7 Å². The number of hydrogen-bond donors (Lipinski definition) is 1. The van der Waals surface area contributed by atoms with Gasteiger partial charge in [0.15, 0.2) is 0 Å². The molecule has 19 heavy (non-hydrogen) atoms. The molecule has 3 nitrogen and oxygen atoms in total. The minimum absolute atomic E-state index is 0.0400. The summed E-state index contributed by atoms with van der Waals surface area (Å²) in [5.41, 5.74) is 6.30. The van der Waals surface area contributed by atoms with Gasteiger partial charge in [-0.05, 0) is 30.3 Å². The van der Waals surface area contributed by atoms with Gasteiger partial charge in [0.2, 0.25) is 0 Å². The smallest absolute Gasteiger partial charge is 0.144 e. The van der Waals surface area contributed by atoms with Crippen LogP contribution in [0, 0.1) is 23.0 Å². The van der Waals surface area contributed by atoms with E-state index in [0.717, 1.165) is 0 Å². The molecule has 0 saturated carbocycles. The van der Waals surface area contributed by atoms with Gasteiger partial charge in [0.25, 0.3) is 0 Å². The van der Waals surface area contributed by atoms with E-state index in [1.807, 2.05) is 0 Å². The van der Waals surface area contributed by atoms with E-state index in [0.29, 0.717) is 11.3 Å². The Balaban J connectivity index is 2.22. The van der Waals surface area contributed by atoms with E-state index in [-0.39, 0.29) is 17.9 Å². The minimum atomic E-state index is -0.660. The van der Waals surface area contributed by atoms with Gasteiger partial charge in [0, 0.05) is 11.3 Å². The molecule has 0 saturated heterocycles. The van der Waals surface area contributed by atoms with E-state index in [2.05, 4.69) is 0 Å². The van der Waals surface area contributed by atoms with E-state index < -0.39 is 11.6 Å². The predicted octanol–water partition coefficient (Wildman–Crippen LogP) is 3.00. The molecule has 0 unspecified atom stereocenters. The van der Waals surface area contributed by atoms with Crippen molar-refractivity contribution in [1.29, 1.82) is 5.26 Å². The number of nitrogens with two attached hydrogens (primary N) is 1. The molecule has 0 amide bonds. The Morgan fingerprint density at radius 2 is 2.00 bits per heavy atom. The average Bonchev–Trinajstić information content (AvgIpc) is 2.40. The van der Waals surface area contributed by atoms with Crippen molar-refractivity contribution in [3.8, 4) is 11.8 Å². The maximum absolute atomic E-state index is 13.3. The normalized spacial score (nSPS) is 9.95. The van der Waals surface area contributed by atoms with Gasteiger partial charge in [-0.3, -0.25) is 0 Å². The predicted molar refractivity (Wildman–Crippen MR) is 66.3 cm³/mol. The summed E-state index contributed by atoms with van der Waals surface area (Å²) in [6, 6.07) is 9.69. The molecule has 0 aliphatic heterocycles. The average molecular weight is 260 g/mol. The molecule has 2 aromatic carbocycles. The number of ether oxygens (including phenoxy) is 1. The van der Waals surface area contributed by atoms with Gasteiger partial charge in [-0.25, -0.2) is 8.78 Å². The van der Waals surface area contributed by atoms with Gasteiger partial charge in [-0.15, -0.1) is 0 Å². The Morgan fingerprint density at radius 3 is 2.74 bits per heavy atom. The molecule has 2 N–H and O–H groups in total. The lowest BCUT2D eigenvalue weighted by Crippen LogP contribution is -2.02. The van der Waals surface area contributed by atoms with Crippen molar-refractivity contribution < 1.29 is 13.5 Å². The number of nitrogens with zero attached hydrogens (tertiary/aromatic N) is 1. The summed E-state index contributed by atoms with van der Waals surface area (Å²) < 4.78 is 31.7. The molecule has 5 heteroatoms. The van der Waals surface area contributed by atoms with Gasteiger partial charge < -0.3 is 10.5 Å². The second-order valence-corrected chi connectivity index (χ2v) is 3.86. The molecule has 0 heterocycles. The van der Waals surface area contributed by atoms with Crippen LogP contribution < -0.4 is 10.5 Å². The largest absolute Gasteiger partial charge is 0.487 e. The van der Waals surface area contributed by atoms with Crippen LogP contribution in [-0.2, 0) is 6.61 Å². The van der Waals surface area contributed by atoms with Crippen LogP contribution in [0.3, 0.4) is 0 Å². The quantitative estimate of drug-likeness (QED) is 0.863. The highest BCUT2D eigenvalue weighted by Crippen LogP contribution is 2.23. The topological polar surface area (TPSA) is 59.0 Å². The number of halogens is 2. The highest BCUT2D eigenvalue weighted by Gasteiger charge is 2.10. The summed E-state index contributed by atoms with van der Waals surface area (Å²) in [7, 11) is 0. The van der Waals surface area contributed by atoms with Gasteiger partial charge in [0.05, 0.1) is 0 Å². The fourth-order valence-electron chi connectivity index (χ4n) is 1.59. The summed E-state index contributed by atoms with van der Waals surface area (Å²) in [6.45, 7) is -0.0400. The molecule has 2 aromatic rings. The van der Waals surface area contributed by atoms with Gasteiger partial charge in [0.1, 0.15) is 35.6 Å². The van der Waals surface area contributed by atoms with Crippen LogP contribution in [-0.4, -0.2) is 0 Å². The third-order valence-electron chi connectivity index (χ3n) is 2.58. The van der Waals surface area contributed by atoms with Gasteiger partial charge in [-0.1, -0.05) is 6.07 Å². The van der Waals surface area contributed by atoms with Crippen LogP contribution in [0.1, 0.15) is 11.1 Å². The van der Waals surface area contributed by atoms with Crippen LogP contribution in [0.25, 0.3) is 0 Å². The first kappa shape index (κ1) is 12.8. The third kappa shape index (κ3) is 2.80. The fourth-order valence-corrected chi connectivity index (χ4v) is 1.59. The number of benzene rings is 2. The molecular formula is C14H10F2N2O. The van der Waals surface area contributed by atoms with Gasteiger partial charge in [-0.2, -0.15) is 5.26 Å². The second-order valence-electron chi connectivity index (χ2n) is 3.86.